The van der Waals surface area contributed by atoms with E-state index < -0.39 is 0 Å². The Morgan fingerprint density at radius 1 is 0.567 bits per heavy atom. The summed E-state index contributed by atoms with van der Waals surface area (Å²) in [7, 11) is 0. The third-order valence-electron chi connectivity index (χ3n) is 9.16. The van der Waals surface area contributed by atoms with E-state index in [1.54, 1.807) is 24.8 Å². The van der Waals surface area contributed by atoms with Gasteiger partial charge in [0.15, 0.2) is 0 Å². The maximum atomic E-state index is 9.94. The first kappa shape index (κ1) is 37.7. The van der Waals surface area contributed by atoms with Crippen molar-refractivity contribution in [3.05, 3.63) is 207 Å². The molecule has 0 fully saturated rings. The number of pyridine rings is 2. The predicted octanol–water partition coefficient (Wildman–Crippen LogP) is 11.6. The summed E-state index contributed by atoms with van der Waals surface area (Å²) < 4.78 is 10.2. The maximum absolute atomic E-state index is 9.94. The van der Waals surface area contributed by atoms with Crippen LogP contribution in [0.3, 0.4) is 0 Å². The number of aromatic nitrogens is 4. The molecule has 0 saturated heterocycles. The zero-order chi connectivity index (χ0) is 40.7. The van der Waals surface area contributed by atoms with E-state index in [-0.39, 0.29) is 5.70 Å². The fourth-order valence-electron chi connectivity index (χ4n) is 6.48. The first-order valence-corrected chi connectivity index (χ1v) is 20.7. The summed E-state index contributed by atoms with van der Waals surface area (Å²) in [4.78, 5) is 15.9. The third-order valence-corrected chi connectivity index (χ3v) is 12.3. The minimum Gasteiger partial charge on any atom is -0.311 e. The van der Waals surface area contributed by atoms with E-state index in [0.717, 1.165) is 72.0 Å². The van der Waals surface area contributed by atoms with Crippen molar-refractivity contribution in [2.45, 2.75) is 9.79 Å². The minimum absolute atomic E-state index is 0.0305. The van der Waals surface area contributed by atoms with Crippen LogP contribution in [0.25, 0.3) is 27.0 Å². The highest BCUT2D eigenvalue weighted by atomic mass is 32.2. The van der Waals surface area contributed by atoms with Crippen LogP contribution in [-0.2, 0) is 0 Å². The number of fused-ring (bicyclic) bond motifs is 2. The topological polar surface area (TPSA) is 83.0 Å². The summed E-state index contributed by atoms with van der Waals surface area (Å²) >= 11 is 3.91. The molecule has 4 heterocycles. The summed E-state index contributed by atoms with van der Waals surface area (Å²) in [6.45, 7) is 7.77. The molecule has 10 heteroatoms. The zero-order valence-corrected chi connectivity index (χ0v) is 33.7. The van der Waals surface area contributed by atoms with Gasteiger partial charge in [-0.1, -0.05) is 108 Å². The Bertz CT molecular complexity index is 3100. The molecule has 9 rings (SSSR count). The Labute approximate surface area is 359 Å². The van der Waals surface area contributed by atoms with E-state index in [4.69, 9.17) is 15.3 Å². The molecule has 8 aromatic rings. The number of benzene rings is 5. The second kappa shape index (κ2) is 17.3. The summed E-state index contributed by atoms with van der Waals surface area (Å²) in [5, 5.41) is 9.94. The molecule has 0 aliphatic carbocycles. The molecule has 3 aromatic heterocycles. The molecule has 0 bridgehead atoms. The van der Waals surface area contributed by atoms with Crippen molar-refractivity contribution in [2.75, 3.05) is 4.90 Å². The Morgan fingerprint density at radius 3 is 1.62 bits per heavy atom. The summed E-state index contributed by atoms with van der Waals surface area (Å²) in [6, 6.07) is 44.3. The standard InChI is InChI=1S/C50H25N7S3/c1-52-44(31-51)50-58-48-43(25-20-38-29-36(18-16-34-10-8-26-53-32-34)28-37(30-38)19-17-35-11-9-27-54-33-35)46-47(56-60-55-46)45(49(48)59-50)39-21-23-42(24-22-39)57(40-12-4-2-5-13-40)41-14-6-3-7-15-41/h2-15,21-24,26-30,32-33H/b50-44-. The molecular formula is C50H25N7S3. The van der Waals surface area contributed by atoms with E-state index in [9.17, 15) is 5.26 Å². The molecule has 60 heavy (non-hydrogen) atoms. The quantitative estimate of drug-likeness (QED) is 0.0986. The SMILES string of the molecule is [C-]#[N+]/C(C#N)=C1/Sc2c(c(-c3ccc(N(c4ccccc4)c4ccccc4)cc3)c3nsnc3c2C#Cc2cc(C#Cc3cccnc3)cc(C#Cc3cccnc3)c2)S1. The van der Waals surface area contributed by atoms with Crippen molar-refractivity contribution >= 4 is 63.3 Å². The van der Waals surface area contributed by atoms with Gasteiger partial charge in [-0.2, -0.15) is 8.75 Å². The Morgan fingerprint density at radius 2 is 1.08 bits per heavy atom. The zero-order valence-electron chi connectivity index (χ0n) is 31.3. The largest absolute Gasteiger partial charge is 0.311 e. The summed E-state index contributed by atoms with van der Waals surface area (Å²) in [5.74, 6) is 19.7. The van der Waals surface area contributed by atoms with Crippen LogP contribution in [0.1, 0.15) is 33.4 Å². The molecule has 1 aliphatic rings. The summed E-state index contributed by atoms with van der Waals surface area (Å²) in [5.41, 5.74) is 10.7. The Hall–Kier alpha value is -7.88. The number of rotatable bonds is 4. The number of thioether (sulfide) groups is 2. The van der Waals surface area contributed by atoms with E-state index in [1.807, 2.05) is 78.9 Å². The fraction of sp³-hybridized carbons (Fsp3) is 0. The molecule has 7 nitrogen and oxygen atoms in total. The third kappa shape index (κ3) is 7.98. The van der Waals surface area contributed by atoms with Crippen molar-refractivity contribution in [1.29, 1.82) is 5.26 Å². The van der Waals surface area contributed by atoms with Crippen LogP contribution in [0.5, 0.6) is 0 Å². The van der Waals surface area contributed by atoms with Gasteiger partial charge in [0.2, 0.25) is 0 Å². The van der Waals surface area contributed by atoms with Gasteiger partial charge in [0.05, 0.1) is 34.2 Å². The molecule has 0 saturated carbocycles. The molecule has 0 unspecified atom stereocenters. The molecule has 1 aliphatic heterocycles. The van der Waals surface area contributed by atoms with Gasteiger partial charge in [0.1, 0.15) is 11.0 Å². The number of para-hydroxylation sites is 2. The Kier molecular flexibility index (Phi) is 10.9. The molecule has 0 atom stereocenters. The minimum atomic E-state index is 0.0305. The number of anilines is 3. The molecular weight excluding hydrogens is 795 g/mol. The van der Waals surface area contributed by atoms with Crippen molar-refractivity contribution in [1.82, 2.24) is 18.7 Å². The molecule has 0 amide bonds. The van der Waals surface area contributed by atoms with Crippen LogP contribution in [0, 0.1) is 53.4 Å². The van der Waals surface area contributed by atoms with Crippen molar-refractivity contribution in [2.24, 2.45) is 0 Å². The second-order valence-electron chi connectivity index (χ2n) is 13.0. The monoisotopic (exact) mass is 819 g/mol. The number of nitriles is 1. The number of nitrogens with zero attached hydrogens (tertiary/aromatic N) is 7. The highest BCUT2D eigenvalue weighted by Gasteiger charge is 2.31. The fourth-order valence-corrected chi connectivity index (χ4v) is 9.65. The van der Waals surface area contributed by atoms with Crippen LogP contribution in [-0.4, -0.2) is 18.7 Å². The van der Waals surface area contributed by atoms with Gasteiger partial charge in [-0.15, -0.1) is 0 Å². The number of hydrogen-bond acceptors (Lipinski definition) is 9. The van der Waals surface area contributed by atoms with Crippen LogP contribution in [0.4, 0.5) is 17.1 Å². The molecule has 0 spiro atoms. The lowest BCUT2D eigenvalue weighted by Crippen LogP contribution is -2.09. The molecule has 5 aromatic carbocycles. The smallest absolute Gasteiger partial charge is 0.282 e. The van der Waals surface area contributed by atoms with Crippen molar-refractivity contribution in [3.63, 3.8) is 0 Å². The number of allylic oxidation sites excluding steroid dienone is 1. The van der Waals surface area contributed by atoms with Crippen LogP contribution in [0.2, 0.25) is 0 Å². The van der Waals surface area contributed by atoms with Gasteiger partial charge in [-0.05, 0) is 84.4 Å². The summed E-state index contributed by atoms with van der Waals surface area (Å²) in [6.07, 6.45) is 6.87. The lowest BCUT2D eigenvalue weighted by molar-refractivity contribution is 1.26. The average molecular weight is 820 g/mol. The van der Waals surface area contributed by atoms with Gasteiger partial charge < -0.3 is 4.90 Å². The van der Waals surface area contributed by atoms with Gasteiger partial charge >= 0.3 is 0 Å². The predicted molar refractivity (Wildman–Crippen MR) is 241 cm³/mol. The van der Waals surface area contributed by atoms with Gasteiger partial charge in [-0.3, -0.25) is 9.97 Å². The normalized spacial score (nSPS) is 12.0. The van der Waals surface area contributed by atoms with E-state index in [1.165, 1.54) is 23.5 Å². The van der Waals surface area contributed by atoms with Gasteiger partial charge in [0, 0.05) is 85.0 Å². The highest BCUT2D eigenvalue weighted by Crippen LogP contribution is 2.58. The van der Waals surface area contributed by atoms with Crippen LogP contribution in [0.15, 0.2) is 172 Å². The lowest BCUT2D eigenvalue weighted by Gasteiger charge is -2.25. The number of hydrogen-bond donors (Lipinski definition) is 0. The highest BCUT2D eigenvalue weighted by molar-refractivity contribution is 8.24. The second-order valence-corrected chi connectivity index (χ2v) is 15.8. The lowest BCUT2D eigenvalue weighted by atomic mass is 10.00. The van der Waals surface area contributed by atoms with Crippen LogP contribution >= 0.6 is 35.3 Å². The molecule has 0 radical (unpaired) electrons. The first-order valence-electron chi connectivity index (χ1n) is 18.4. The van der Waals surface area contributed by atoms with Gasteiger partial charge in [-0.25, -0.2) is 10.1 Å². The Balaban J connectivity index is 1.17. The van der Waals surface area contributed by atoms with E-state index >= 15 is 0 Å². The average Bonchev–Trinajstić information content (AvgIpc) is 3.97. The first-order chi connectivity index (χ1) is 29.6. The maximum Gasteiger partial charge on any atom is 0.282 e. The van der Waals surface area contributed by atoms with Crippen LogP contribution < -0.4 is 4.90 Å². The molecule has 0 N–H and O–H groups in total. The van der Waals surface area contributed by atoms with E-state index in [2.05, 4.69) is 110 Å². The molecule has 278 valence electrons. The van der Waals surface area contributed by atoms with Crippen molar-refractivity contribution in [3.8, 4) is 52.7 Å². The van der Waals surface area contributed by atoms with Gasteiger partial charge in [0.25, 0.3) is 5.70 Å². The van der Waals surface area contributed by atoms with Crippen molar-refractivity contribution < 1.29 is 0 Å². The van der Waals surface area contributed by atoms with E-state index in [0.29, 0.717) is 26.4 Å².